The molecule has 0 aromatic rings. The van der Waals surface area contributed by atoms with Gasteiger partial charge in [-0.1, -0.05) is 0 Å². The first kappa shape index (κ1) is 10.9. The van der Waals surface area contributed by atoms with Crippen LogP contribution in [0.2, 0.25) is 0 Å². The first-order valence-corrected chi connectivity index (χ1v) is 5.10. The molecule has 0 saturated heterocycles. The van der Waals surface area contributed by atoms with E-state index in [9.17, 15) is 13.2 Å². The van der Waals surface area contributed by atoms with Crippen LogP contribution in [0.15, 0.2) is 0 Å². The lowest BCUT2D eigenvalue weighted by molar-refractivity contribution is -0.116. The highest BCUT2D eigenvalue weighted by Crippen LogP contribution is 2.06. The van der Waals surface area contributed by atoms with Crippen LogP contribution in [-0.4, -0.2) is 29.8 Å². The molecule has 0 aliphatic carbocycles. The third kappa shape index (κ3) is 3.74. The van der Waals surface area contributed by atoms with Crippen LogP contribution in [-0.2, 0) is 14.9 Å². The third-order valence-corrected chi connectivity index (χ3v) is 2.75. The lowest BCUT2D eigenvalue weighted by Crippen LogP contribution is -2.28. The van der Waals surface area contributed by atoms with Crippen molar-refractivity contribution in [3.05, 3.63) is 0 Å². The summed E-state index contributed by atoms with van der Waals surface area (Å²) in [5, 5.41) is -1.31. The van der Waals surface area contributed by atoms with Gasteiger partial charge in [0.05, 0.1) is 0 Å². The van der Waals surface area contributed by atoms with Gasteiger partial charge in [-0.2, -0.15) is 21.0 Å². The van der Waals surface area contributed by atoms with Crippen molar-refractivity contribution in [2.45, 2.75) is 18.6 Å². The van der Waals surface area contributed by atoms with E-state index in [1.807, 2.05) is 0 Å². The minimum Gasteiger partial charge on any atom is -0.298 e. The van der Waals surface area contributed by atoms with Crippen molar-refractivity contribution in [3.8, 4) is 0 Å². The Morgan fingerprint density at radius 1 is 1.64 bits per heavy atom. The third-order valence-electron chi connectivity index (χ3n) is 1.20. The van der Waals surface area contributed by atoms with Crippen LogP contribution in [0, 0.1) is 0 Å². The molecule has 4 nitrogen and oxygen atoms in total. The van der Waals surface area contributed by atoms with E-state index in [1.165, 1.54) is 0 Å². The maximum absolute atomic E-state index is 10.6. The van der Waals surface area contributed by atoms with E-state index in [-0.39, 0.29) is 12.2 Å². The molecule has 0 rings (SSSR count). The Morgan fingerprint density at radius 2 is 2.09 bits per heavy atom. The Balaban J connectivity index is 4.49. The van der Waals surface area contributed by atoms with Crippen molar-refractivity contribution >= 4 is 28.5 Å². The van der Waals surface area contributed by atoms with Gasteiger partial charge in [0.25, 0.3) is 10.1 Å². The SMILES string of the molecule is CC(=O)[C@H](CCS)S(=O)(=O)O. The van der Waals surface area contributed by atoms with Crippen molar-refractivity contribution in [2.75, 3.05) is 5.75 Å². The molecule has 0 aromatic carbocycles. The summed E-state index contributed by atoms with van der Waals surface area (Å²) in [6.07, 6.45) is 0.0529. The highest BCUT2D eigenvalue weighted by atomic mass is 32.2. The Morgan fingerprint density at radius 3 is 2.18 bits per heavy atom. The molecule has 0 aliphatic rings. The van der Waals surface area contributed by atoms with Crippen LogP contribution in [0.4, 0.5) is 0 Å². The number of thiol groups is 1. The number of carbonyl (C=O) groups excluding carboxylic acids is 1. The van der Waals surface area contributed by atoms with E-state index in [1.54, 1.807) is 0 Å². The van der Waals surface area contributed by atoms with E-state index >= 15 is 0 Å². The van der Waals surface area contributed by atoms with Gasteiger partial charge in [-0.15, -0.1) is 0 Å². The normalized spacial score (nSPS) is 14.5. The van der Waals surface area contributed by atoms with Crippen LogP contribution in [0.25, 0.3) is 0 Å². The molecule has 0 aliphatic heterocycles. The molecule has 1 N–H and O–H groups in total. The highest BCUT2D eigenvalue weighted by Gasteiger charge is 2.26. The second-order valence-corrected chi connectivity index (χ2v) is 4.17. The summed E-state index contributed by atoms with van der Waals surface area (Å²) in [6, 6.07) is 0. The Hall–Kier alpha value is -0.0700. The highest BCUT2D eigenvalue weighted by molar-refractivity contribution is 7.87. The van der Waals surface area contributed by atoms with E-state index in [0.717, 1.165) is 6.92 Å². The van der Waals surface area contributed by atoms with Crippen molar-refractivity contribution < 1.29 is 17.8 Å². The van der Waals surface area contributed by atoms with Gasteiger partial charge in [0.15, 0.2) is 0 Å². The van der Waals surface area contributed by atoms with Gasteiger partial charge in [-0.05, 0) is 19.1 Å². The molecule has 0 fully saturated rings. The number of hydrogen-bond acceptors (Lipinski definition) is 4. The van der Waals surface area contributed by atoms with Crippen LogP contribution in [0.1, 0.15) is 13.3 Å². The molecule has 0 amide bonds. The molecule has 0 unspecified atom stereocenters. The Kier molecular flexibility index (Phi) is 4.05. The summed E-state index contributed by atoms with van der Waals surface area (Å²) >= 11 is 3.76. The topological polar surface area (TPSA) is 71.4 Å². The van der Waals surface area contributed by atoms with Crippen LogP contribution < -0.4 is 0 Å². The minimum atomic E-state index is -4.22. The summed E-state index contributed by atoms with van der Waals surface area (Å²) in [4.78, 5) is 10.6. The van der Waals surface area contributed by atoms with Gasteiger partial charge in [0.2, 0.25) is 0 Å². The second kappa shape index (κ2) is 4.08. The van der Waals surface area contributed by atoms with Crippen LogP contribution >= 0.6 is 12.6 Å². The van der Waals surface area contributed by atoms with Gasteiger partial charge >= 0.3 is 0 Å². The molecule has 0 heterocycles. The fourth-order valence-corrected chi connectivity index (χ4v) is 1.95. The summed E-state index contributed by atoms with van der Waals surface area (Å²) in [6.45, 7) is 1.13. The number of Topliss-reactive ketones (excluding diaryl/α,β-unsaturated/α-hetero) is 1. The average Bonchev–Trinajstić information content (AvgIpc) is 1.79. The monoisotopic (exact) mass is 198 g/mol. The molecule has 0 radical (unpaired) electrons. The summed E-state index contributed by atoms with van der Waals surface area (Å²) < 4.78 is 29.4. The number of hydrogen-bond donors (Lipinski definition) is 2. The fraction of sp³-hybridized carbons (Fsp3) is 0.800. The zero-order chi connectivity index (χ0) is 9.07. The molecular formula is C5H10O4S2. The molecule has 11 heavy (non-hydrogen) atoms. The Labute approximate surface area is 71.1 Å². The van der Waals surface area contributed by atoms with Crippen molar-refractivity contribution in [1.29, 1.82) is 0 Å². The zero-order valence-electron chi connectivity index (χ0n) is 6.02. The molecule has 6 heteroatoms. The average molecular weight is 198 g/mol. The largest absolute Gasteiger partial charge is 0.298 e. The zero-order valence-corrected chi connectivity index (χ0v) is 7.73. The van der Waals surface area contributed by atoms with E-state index in [0.29, 0.717) is 0 Å². The first-order valence-electron chi connectivity index (χ1n) is 2.97. The molecule has 66 valence electrons. The molecule has 0 spiro atoms. The lowest BCUT2D eigenvalue weighted by atomic mass is 10.2. The van der Waals surface area contributed by atoms with E-state index < -0.39 is 21.2 Å². The maximum atomic E-state index is 10.6. The smallest absolute Gasteiger partial charge is 0.274 e. The van der Waals surface area contributed by atoms with Gasteiger partial charge < -0.3 is 0 Å². The molecule has 0 saturated carbocycles. The molecule has 1 atom stereocenters. The number of rotatable bonds is 4. The Bertz CT molecular complexity index is 231. The molecule has 0 bridgehead atoms. The molecular weight excluding hydrogens is 188 g/mol. The van der Waals surface area contributed by atoms with Crippen LogP contribution in [0.5, 0.6) is 0 Å². The van der Waals surface area contributed by atoms with E-state index in [4.69, 9.17) is 4.55 Å². The van der Waals surface area contributed by atoms with Crippen molar-refractivity contribution in [1.82, 2.24) is 0 Å². The number of ketones is 1. The summed E-state index contributed by atoms with van der Waals surface area (Å²) in [5.74, 6) is -0.300. The number of carbonyl (C=O) groups is 1. The van der Waals surface area contributed by atoms with Gasteiger partial charge in [-0.25, -0.2) is 0 Å². The van der Waals surface area contributed by atoms with E-state index in [2.05, 4.69) is 12.6 Å². The quantitative estimate of drug-likeness (QED) is 0.498. The second-order valence-electron chi connectivity index (χ2n) is 2.13. The van der Waals surface area contributed by atoms with Crippen molar-refractivity contribution in [2.24, 2.45) is 0 Å². The maximum Gasteiger partial charge on any atom is 0.274 e. The minimum absolute atomic E-state index is 0.0529. The summed E-state index contributed by atoms with van der Waals surface area (Å²) in [5.41, 5.74) is 0. The predicted molar refractivity (Wildman–Crippen MR) is 44.5 cm³/mol. The predicted octanol–water partition coefficient (Wildman–Crippen LogP) is 0.152. The fourth-order valence-electron chi connectivity index (χ4n) is 0.679. The summed E-state index contributed by atoms with van der Waals surface area (Å²) in [7, 11) is -4.22. The van der Waals surface area contributed by atoms with Crippen molar-refractivity contribution in [3.63, 3.8) is 0 Å². The van der Waals surface area contributed by atoms with Gasteiger partial charge in [0.1, 0.15) is 11.0 Å². The lowest BCUT2D eigenvalue weighted by Gasteiger charge is -2.06. The van der Waals surface area contributed by atoms with Gasteiger partial charge in [0, 0.05) is 0 Å². The van der Waals surface area contributed by atoms with Gasteiger partial charge in [-0.3, -0.25) is 9.35 Å². The molecule has 0 aromatic heterocycles. The first-order chi connectivity index (χ1) is 4.89. The van der Waals surface area contributed by atoms with Crippen LogP contribution in [0.3, 0.4) is 0 Å². The standard InChI is InChI=1S/C5H10O4S2/c1-4(6)5(2-3-10)11(7,8)9/h5,10H,2-3H2,1H3,(H,7,8,9)/t5-/m0/s1.